The van der Waals surface area contributed by atoms with E-state index in [1.165, 1.54) is 12.1 Å². The summed E-state index contributed by atoms with van der Waals surface area (Å²) in [6.45, 7) is 2.69. The second-order valence-electron chi connectivity index (χ2n) is 3.35. The van der Waals surface area contributed by atoms with Gasteiger partial charge in [-0.1, -0.05) is 6.07 Å². The minimum Gasteiger partial charge on any atom is -0.358 e. The van der Waals surface area contributed by atoms with Gasteiger partial charge in [0.05, 0.1) is 6.54 Å². The Balaban J connectivity index is 2.47. The van der Waals surface area contributed by atoms with Gasteiger partial charge >= 0.3 is 0 Å². The van der Waals surface area contributed by atoms with Gasteiger partial charge in [-0.15, -0.1) is 0 Å². The highest BCUT2D eigenvalue weighted by Gasteiger charge is 2.01. The zero-order valence-electron chi connectivity index (χ0n) is 8.93. The SMILES string of the molecule is CNC(=O)CNCc1ccc(F)cc1C. The van der Waals surface area contributed by atoms with Crippen molar-refractivity contribution >= 4 is 5.91 Å². The van der Waals surface area contributed by atoms with Crippen LogP contribution in [0.25, 0.3) is 0 Å². The molecule has 0 spiro atoms. The van der Waals surface area contributed by atoms with Crippen molar-refractivity contribution in [1.82, 2.24) is 10.6 Å². The summed E-state index contributed by atoms with van der Waals surface area (Å²) in [7, 11) is 1.59. The van der Waals surface area contributed by atoms with Gasteiger partial charge in [0.2, 0.25) is 5.91 Å². The maximum Gasteiger partial charge on any atom is 0.233 e. The van der Waals surface area contributed by atoms with Crippen molar-refractivity contribution in [3.05, 3.63) is 35.1 Å². The molecule has 0 bridgehead atoms. The number of carbonyl (C=O) groups excluding carboxylic acids is 1. The maximum absolute atomic E-state index is 12.8. The number of aryl methyl sites for hydroxylation is 1. The van der Waals surface area contributed by atoms with Crippen LogP contribution in [0, 0.1) is 12.7 Å². The quantitative estimate of drug-likeness (QED) is 0.777. The zero-order chi connectivity index (χ0) is 11.3. The number of nitrogens with one attached hydrogen (secondary N) is 2. The Morgan fingerprint density at radius 3 is 2.80 bits per heavy atom. The highest BCUT2D eigenvalue weighted by atomic mass is 19.1. The normalized spacial score (nSPS) is 10.1. The topological polar surface area (TPSA) is 41.1 Å². The molecule has 4 heteroatoms. The molecule has 82 valence electrons. The van der Waals surface area contributed by atoms with Crippen molar-refractivity contribution in [1.29, 1.82) is 0 Å². The van der Waals surface area contributed by atoms with Crippen molar-refractivity contribution in [2.24, 2.45) is 0 Å². The van der Waals surface area contributed by atoms with E-state index in [0.717, 1.165) is 11.1 Å². The Morgan fingerprint density at radius 1 is 1.47 bits per heavy atom. The van der Waals surface area contributed by atoms with Crippen LogP contribution in [-0.2, 0) is 11.3 Å². The lowest BCUT2D eigenvalue weighted by atomic mass is 10.1. The number of rotatable bonds is 4. The predicted octanol–water partition coefficient (Wildman–Crippen LogP) is 0.970. The number of hydrogen-bond donors (Lipinski definition) is 2. The molecular formula is C11H15FN2O. The molecule has 15 heavy (non-hydrogen) atoms. The van der Waals surface area contributed by atoms with E-state index in [2.05, 4.69) is 10.6 Å². The second-order valence-corrected chi connectivity index (χ2v) is 3.35. The summed E-state index contributed by atoms with van der Waals surface area (Å²) in [6.07, 6.45) is 0. The molecule has 0 aliphatic rings. The van der Waals surface area contributed by atoms with Gasteiger partial charge in [0.1, 0.15) is 5.82 Å². The van der Waals surface area contributed by atoms with Crippen LogP contribution in [0.2, 0.25) is 0 Å². The average Bonchev–Trinajstić information content (AvgIpc) is 2.21. The van der Waals surface area contributed by atoms with Crippen LogP contribution in [0.3, 0.4) is 0 Å². The fourth-order valence-corrected chi connectivity index (χ4v) is 1.26. The van der Waals surface area contributed by atoms with Crippen LogP contribution < -0.4 is 10.6 Å². The molecule has 0 atom stereocenters. The third kappa shape index (κ3) is 3.67. The van der Waals surface area contributed by atoms with E-state index in [1.54, 1.807) is 13.1 Å². The largest absolute Gasteiger partial charge is 0.358 e. The smallest absolute Gasteiger partial charge is 0.233 e. The number of hydrogen-bond acceptors (Lipinski definition) is 2. The van der Waals surface area contributed by atoms with E-state index < -0.39 is 0 Å². The highest BCUT2D eigenvalue weighted by molar-refractivity contribution is 5.77. The minimum absolute atomic E-state index is 0.0604. The Bertz CT molecular complexity index is 352. The number of halogens is 1. The van der Waals surface area contributed by atoms with Crippen molar-refractivity contribution in [3.63, 3.8) is 0 Å². The van der Waals surface area contributed by atoms with Gasteiger partial charge in [-0.25, -0.2) is 4.39 Å². The lowest BCUT2D eigenvalue weighted by Gasteiger charge is -2.07. The Labute approximate surface area is 88.7 Å². The average molecular weight is 210 g/mol. The molecular weight excluding hydrogens is 195 g/mol. The highest BCUT2D eigenvalue weighted by Crippen LogP contribution is 2.09. The van der Waals surface area contributed by atoms with Gasteiger partial charge in [0.25, 0.3) is 0 Å². The van der Waals surface area contributed by atoms with Crippen LogP contribution >= 0.6 is 0 Å². The van der Waals surface area contributed by atoms with Crippen molar-refractivity contribution in [2.75, 3.05) is 13.6 Å². The molecule has 1 aromatic carbocycles. The summed E-state index contributed by atoms with van der Waals surface area (Å²) < 4.78 is 12.8. The zero-order valence-corrected chi connectivity index (χ0v) is 8.93. The van der Waals surface area contributed by atoms with Crippen molar-refractivity contribution < 1.29 is 9.18 Å². The van der Waals surface area contributed by atoms with Gasteiger partial charge in [0.15, 0.2) is 0 Å². The van der Waals surface area contributed by atoms with Gasteiger partial charge in [-0.2, -0.15) is 0 Å². The number of likely N-dealkylation sites (N-methyl/N-ethyl adjacent to an activating group) is 1. The summed E-state index contributed by atoms with van der Waals surface area (Å²) in [5.74, 6) is -0.294. The predicted molar refractivity (Wildman–Crippen MR) is 56.9 cm³/mol. The molecule has 1 rings (SSSR count). The molecule has 0 radical (unpaired) electrons. The molecule has 0 aliphatic carbocycles. The monoisotopic (exact) mass is 210 g/mol. The summed E-state index contributed by atoms with van der Waals surface area (Å²) in [5, 5.41) is 5.49. The van der Waals surface area contributed by atoms with E-state index in [1.807, 2.05) is 6.92 Å². The van der Waals surface area contributed by atoms with E-state index in [0.29, 0.717) is 6.54 Å². The molecule has 0 aromatic heterocycles. The van der Waals surface area contributed by atoms with E-state index in [4.69, 9.17) is 0 Å². The van der Waals surface area contributed by atoms with Crippen molar-refractivity contribution in [2.45, 2.75) is 13.5 Å². The second kappa shape index (κ2) is 5.46. The molecule has 3 nitrogen and oxygen atoms in total. The van der Waals surface area contributed by atoms with Gasteiger partial charge in [-0.3, -0.25) is 4.79 Å². The molecule has 0 unspecified atom stereocenters. The molecule has 1 aromatic rings. The summed E-state index contributed by atoms with van der Waals surface area (Å²) >= 11 is 0. The number of benzene rings is 1. The van der Waals surface area contributed by atoms with Gasteiger partial charge < -0.3 is 10.6 Å². The number of carbonyl (C=O) groups is 1. The van der Waals surface area contributed by atoms with Crippen LogP contribution in [-0.4, -0.2) is 19.5 Å². The van der Waals surface area contributed by atoms with Crippen LogP contribution in [0.15, 0.2) is 18.2 Å². The first-order valence-corrected chi connectivity index (χ1v) is 4.80. The van der Waals surface area contributed by atoms with E-state index in [9.17, 15) is 9.18 Å². The van der Waals surface area contributed by atoms with Crippen LogP contribution in [0.1, 0.15) is 11.1 Å². The third-order valence-corrected chi connectivity index (χ3v) is 2.18. The minimum atomic E-state index is -0.234. The van der Waals surface area contributed by atoms with E-state index >= 15 is 0 Å². The van der Waals surface area contributed by atoms with Crippen LogP contribution in [0.4, 0.5) is 4.39 Å². The summed E-state index contributed by atoms with van der Waals surface area (Å²) in [6, 6.07) is 4.63. The molecule has 0 aliphatic heterocycles. The lowest BCUT2D eigenvalue weighted by molar-refractivity contribution is -0.119. The molecule has 0 fully saturated rings. The van der Waals surface area contributed by atoms with Gasteiger partial charge in [-0.05, 0) is 30.2 Å². The molecule has 1 amide bonds. The van der Waals surface area contributed by atoms with Gasteiger partial charge in [0, 0.05) is 13.6 Å². The van der Waals surface area contributed by atoms with E-state index in [-0.39, 0.29) is 18.3 Å². The first-order chi connectivity index (χ1) is 7.13. The molecule has 0 heterocycles. The van der Waals surface area contributed by atoms with Crippen molar-refractivity contribution in [3.8, 4) is 0 Å². The number of amides is 1. The summed E-state index contributed by atoms with van der Waals surface area (Å²) in [5.41, 5.74) is 1.89. The fourth-order valence-electron chi connectivity index (χ4n) is 1.26. The first-order valence-electron chi connectivity index (χ1n) is 4.80. The third-order valence-electron chi connectivity index (χ3n) is 2.18. The standard InChI is InChI=1S/C11H15FN2O/c1-8-5-10(12)4-3-9(8)6-14-7-11(15)13-2/h3-5,14H,6-7H2,1-2H3,(H,13,15). The summed E-state index contributed by atoms with van der Waals surface area (Å²) in [4.78, 5) is 10.9. The Morgan fingerprint density at radius 2 is 2.20 bits per heavy atom. The maximum atomic E-state index is 12.8. The lowest BCUT2D eigenvalue weighted by Crippen LogP contribution is -2.31. The molecule has 0 saturated heterocycles. The Kier molecular flexibility index (Phi) is 4.24. The molecule has 0 saturated carbocycles. The van der Waals surface area contributed by atoms with Crippen LogP contribution in [0.5, 0.6) is 0 Å². The Hall–Kier alpha value is -1.42. The fraction of sp³-hybridized carbons (Fsp3) is 0.364. The molecule has 2 N–H and O–H groups in total. The first kappa shape index (κ1) is 11.7.